The summed E-state index contributed by atoms with van der Waals surface area (Å²) < 4.78 is 0. The zero-order chi connectivity index (χ0) is 15.4. The normalized spacial score (nSPS) is 19.6. The zero-order valence-electron chi connectivity index (χ0n) is 12.5. The van der Waals surface area contributed by atoms with Gasteiger partial charge >= 0.3 is 6.03 Å². The fourth-order valence-electron chi connectivity index (χ4n) is 2.75. The standard InChI is InChI=1S/C15H22N4O2/c1-18(2)13(11-6-4-3-5-7-11)14(20)19-9-8-12(10-19)17-15(16)21/h3-7,12-13H,8-10H2,1-2H3,(H3,16,17,21)/t12-,13-/m1/s1. The van der Waals surface area contributed by atoms with Gasteiger partial charge in [0, 0.05) is 19.1 Å². The van der Waals surface area contributed by atoms with Crippen molar-refractivity contribution in [1.82, 2.24) is 15.1 Å². The molecule has 0 bridgehead atoms. The van der Waals surface area contributed by atoms with Crippen LogP contribution in [0, 0.1) is 0 Å². The Morgan fingerprint density at radius 1 is 1.33 bits per heavy atom. The van der Waals surface area contributed by atoms with Gasteiger partial charge in [0.1, 0.15) is 6.04 Å². The van der Waals surface area contributed by atoms with Crippen LogP contribution in [0.4, 0.5) is 4.79 Å². The molecule has 0 unspecified atom stereocenters. The minimum Gasteiger partial charge on any atom is -0.352 e. The molecule has 21 heavy (non-hydrogen) atoms. The van der Waals surface area contributed by atoms with E-state index in [4.69, 9.17) is 5.73 Å². The maximum Gasteiger partial charge on any atom is 0.312 e. The number of benzene rings is 1. The van der Waals surface area contributed by atoms with Crippen LogP contribution in [-0.2, 0) is 4.79 Å². The Balaban J connectivity index is 2.08. The van der Waals surface area contributed by atoms with Crippen LogP contribution < -0.4 is 11.1 Å². The fourth-order valence-corrected chi connectivity index (χ4v) is 2.75. The second-order valence-electron chi connectivity index (χ2n) is 5.56. The van der Waals surface area contributed by atoms with Crippen molar-refractivity contribution >= 4 is 11.9 Å². The van der Waals surface area contributed by atoms with E-state index in [9.17, 15) is 9.59 Å². The number of rotatable bonds is 4. The van der Waals surface area contributed by atoms with Gasteiger partial charge in [0.15, 0.2) is 0 Å². The number of carbonyl (C=O) groups excluding carboxylic acids is 2. The Bertz CT molecular complexity index is 504. The molecule has 6 nitrogen and oxygen atoms in total. The molecular weight excluding hydrogens is 268 g/mol. The first-order chi connectivity index (χ1) is 9.99. The number of nitrogens with two attached hydrogens (primary N) is 1. The van der Waals surface area contributed by atoms with Gasteiger partial charge in [-0.25, -0.2) is 4.79 Å². The van der Waals surface area contributed by atoms with Gasteiger partial charge in [-0.05, 0) is 26.1 Å². The van der Waals surface area contributed by atoms with E-state index in [0.717, 1.165) is 12.0 Å². The first kappa shape index (κ1) is 15.3. The molecule has 6 heteroatoms. The van der Waals surface area contributed by atoms with Crippen molar-refractivity contribution in [3.05, 3.63) is 35.9 Å². The Hall–Kier alpha value is -2.08. The molecule has 0 radical (unpaired) electrons. The predicted octanol–water partition coefficient (Wildman–Crippen LogP) is 0.559. The number of urea groups is 1. The van der Waals surface area contributed by atoms with E-state index in [-0.39, 0.29) is 18.0 Å². The lowest BCUT2D eigenvalue weighted by atomic mass is 10.0. The van der Waals surface area contributed by atoms with Crippen molar-refractivity contribution < 1.29 is 9.59 Å². The van der Waals surface area contributed by atoms with E-state index in [2.05, 4.69) is 5.32 Å². The van der Waals surface area contributed by atoms with E-state index in [1.807, 2.05) is 49.3 Å². The summed E-state index contributed by atoms with van der Waals surface area (Å²) in [5.41, 5.74) is 6.10. The average Bonchev–Trinajstić information content (AvgIpc) is 2.87. The van der Waals surface area contributed by atoms with Crippen LogP contribution in [0.15, 0.2) is 30.3 Å². The third-order valence-electron chi connectivity index (χ3n) is 3.71. The molecule has 2 rings (SSSR count). The number of nitrogens with zero attached hydrogens (tertiary/aromatic N) is 2. The van der Waals surface area contributed by atoms with Crippen LogP contribution in [0.1, 0.15) is 18.0 Å². The molecule has 114 valence electrons. The van der Waals surface area contributed by atoms with E-state index < -0.39 is 6.03 Å². The summed E-state index contributed by atoms with van der Waals surface area (Å²) in [6.07, 6.45) is 0.740. The number of likely N-dealkylation sites (tertiary alicyclic amines) is 1. The first-order valence-electron chi connectivity index (χ1n) is 7.05. The Labute approximate surface area is 124 Å². The molecule has 1 fully saturated rings. The second-order valence-corrected chi connectivity index (χ2v) is 5.56. The van der Waals surface area contributed by atoms with Crippen LogP contribution >= 0.6 is 0 Å². The van der Waals surface area contributed by atoms with E-state index in [1.165, 1.54) is 0 Å². The minimum absolute atomic E-state index is 0.0509. The molecular formula is C15H22N4O2. The molecule has 0 aliphatic carbocycles. The molecule has 2 atom stereocenters. The average molecular weight is 290 g/mol. The molecule has 1 heterocycles. The number of carbonyl (C=O) groups is 2. The number of primary amides is 1. The van der Waals surface area contributed by atoms with Crippen molar-refractivity contribution in [3.8, 4) is 0 Å². The largest absolute Gasteiger partial charge is 0.352 e. The van der Waals surface area contributed by atoms with Crippen LogP contribution in [0.25, 0.3) is 0 Å². The van der Waals surface area contributed by atoms with Gasteiger partial charge in [0.05, 0.1) is 0 Å². The molecule has 1 aliphatic heterocycles. The zero-order valence-corrected chi connectivity index (χ0v) is 12.5. The van der Waals surface area contributed by atoms with Gasteiger partial charge < -0.3 is 16.0 Å². The summed E-state index contributed by atoms with van der Waals surface area (Å²) in [5.74, 6) is 0.0555. The summed E-state index contributed by atoms with van der Waals surface area (Å²) in [7, 11) is 3.79. The second kappa shape index (κ2) is 6.58. The van der Waals surface area contributed by atoms with Crippen molar-refractivity contribution in [2.24, 2.45) is 5.73 Å². The maximum absolute atomic E-state index is 12.8. The van der Waals surface area contributed by atoms with Crippen molar-refractivity contribution in [2.75, 3.05) is 27.2 Å². The Morgan fingerprint density at radius 3 is 2.57 bits per heavy atom. The third kappa shape index (κ3) is 3.72. The van der Waals surface area contributed by atoms with E-state index in [0.29, 0.717) is 13.1 Å². The quantitative estimate of drug-likeness (QED) is 0.850. The topological polar surface area (TPSA) is 78.7 Å². The van der Waals surface area contributed by atoms with Gasteiger partial charge in [-0.1, -0.05) is 30.3 Å². The number of likely N-dealkylation sites (N-methyl/N-ethyl adjacent to an activating group) is 1. The van der Waals surface area contributed by atoms with Crippen molar-refractivity contribution in [1.29, 1.82) is 0 Å². The fraction of sp³-hybridized carbons (Fsp3) is 0.467. The van der Waals surface area contributed by atoms with Gasteiger partial charge in [0.25, 0.3) is 0 Å². The SMILES string of the molecule is CN(C)[C@@H](C(=O)N1CC[C@@H](NC(N)=O)C1)c1ccccc1. The van der Waals surface area contributed by atoms with Crippen molar-refractivity contribution in [2.45, 2.75) is 18.5 Å². The highest BCUT2D eigenvalue weighted by Crippen LogP contribution is 2.23. The monoisotopic (exact) mass is 290 g/mol. The van der Waals surface area contributed by atoms with E-state index >= 15 is 0 Å². The number of nitrogens with one attached hydrogen (secondary N) is 1. The maximum atomic E-state index is 12.8. The van der Waals surface area contributed by atoms with Crippen LogP contribution in [0.2, 0.25) is 0 Å². The number of hydrogen-bond donors (Lipinski definition) is 2. The molecule has 1 aromatic carbocycles. The van der Waals surface area contributed by atoms with Gasteiger partial charge in [0.2, 0.25) is 5.91 Å². The van der Waals surface area contributed by atoms with Crippen LogP contribution in [0.5, 0.6) is 0 Å². The van der Waals surface area contributed by atoms with Gasteiger partial charge in [-0.15, -0.1) is 0 Å². The van der Waals surface area contributed by atoms with E-state index in [1.54, 1.807) is 4.90 Å². The molecule has 1 aliphatic rings. The predicted molar refractivity (Wildman–Crippen MR) is 80.6 cm³/mol. The molecule has 3 N–H and O–H groups in total. The highest BCUT2D eigenvalue weighted by atomic mass is 16.2. The van der Waals surface area contributed by atoms with Gasteiger partial charge in [-0.3, -0.25) is 9.69 Å². The smallest absolute Gasteiger partial charge is 0.312 e. The molecule has 1 aromatic rings. The summed E-state index contributed by atoms with van der Waals surface area (Å²) in [4.78, 5) is 27.4. The first-order valence-corrected chi connectivity index (χ1v) is 7.05. The highest BCUT2D eigenvalue weighted by Gasteiger charge is 2.33. The molecule has 0 spiro atoms. The lowest BCUT2D eigenvalue weighted by molar-refractivity contribution is -0.135. The number of amides is 3. The lowest BCUT2D eigenvalue weighted by Crippen LogP contribution is -2.43. The Kier molecular flexibility index (Phi) is 4.80. The van der Waals surface area contributed by atoms with Crippen LogP contribution in [0.3, 0.4) is 0 Å². The summed E-state index contributed by atoms with van der Waals surface area (Å²) >= 11 is 0. The number of hydrogen-bond acceptors (Lipinski definition) is 3. The molecule has 0 saturated carbocycles. The van der Waals surface area contributed by atoms with Gasteiger partial charge in [-0.2, -0.15) is 0 Å². The Morgan fingerprint density at radius 2 is 2.00 bits per heavy atom. The van der Waals surface area contributed by atoms with Crippen molar-refractivity contribution in [3.63, 3.8) is 0 Å². The molecule has 1 saturated heterocycles. The van der Waals surface area contributed by atoms with Crippen LogP contribution in [-0.4, -0.2) is 55.0 Å². The summed E-state index contributed by atoms with van der Waals surface area (Å²) in [6.45, 7) is 1.15. The highest BCUT2D eigenvalue weighted by molar-refractivity contribution is 5.83. The lowest BCUT2D eigenvalue weighted by Gasteiger charge is -2.28. The molecule has 0 aromatic heterocycles. The summed E-state index contributed by atoms with van der Waals surface area (Å²) in [5, 5.41) is 2.67. The molecule has 3 amide bonds. The minimum atomic E-state index is -0.540. The third-order valence-corrected chi connectivity index (χ3v) is 3.71. The summed E-state index contributed by atoms with van der Waals surface area (Å²) in [6, 6.07) is 8.81.